The third-order valence-electron chi connectivity index (χ3n) is 5.60. The predicted octanol–water partition coefficient (Wildman–Crippen LogP) is 4.04. The highest BCUT2D eigenvalue weighted by Gasteiger charge is 2.25. The van der Waals surface area contributed by atoms with Gasteiger partial charge in [0, 0.05) is 5.56 Å². The SMILES string of the molecule is N[C@H](CO)c1cccc(-c2ccc3c(c2)C(Oc2ccccc2CC(=O)O)CC3)c1. The van der Waals surface area contributed by atoms with E-state index in [0.717, 1.165) is 35.1 Å². The summed E-state index contributed by atoms with van der Waals surface area (Å²) < 4.78 is 6.29. The summed E-state index contributed by atoms with van der Waals surface area (Å²) in [6, 6.07) is 21.2. The van der Waals surface area contributed by atoms with Crippen LogP contribution < -0.4 is 10.5 Å². The van der Waals surface area contributed by atoms with E-state index in [0.29, 0.717) is 11.3 Å². The second-order valence-electron chi connectivity index (χ2n) is 7.65. The van der Waals surface area contributed by atoms with Gasteiger partial charge in [0.1, 0.15) is 11.9 Å². The van der Waals surface area contributed by atoms with Crippen molar-refractivity contribution in [2.24, 2.45) is 5.73 Å². The fourth-order valence-corrected chi connectivity index (χ4v) is 4.00. The molecule has 5 nitrogen and oxygen atoms in total. The van der Waals surface area contributed by atoms with E-state index in [-0.39, 0.29) is 19.1 Å². The van der Waals surface area contributed by atoms with Crippen molar-refractivity contribution in [2.75, 3.05) is 6.61 Å². The zero-order valence-corrected chi connectivity index (χ0v) is 16.6. The van der Waals surface area contributed by atoms with Crippen molar-refractivity contribution in [3.63, 3.8) is 0 Å². The average Bonchev–Trinajstić information content (AvgIpc) is 3.16. The molecule has 0 aromatic heterocycles. The number of ether oxygens (including phenoxy) is 1. The van der Waals surface area contributed by atoms with Crippen LogP contribution in [0.1, 0.15) is 40.8 Å². The Morgan fingerprint density at radius 2 is 1.87 bits per heavy atom. The monoisotopic (exact) mass is 403 g/mol. The number of para-hydroxylation sites is 1. The van der Waals surface area contributed by atoms with Crippen molar-refractivity contribution in [2.45, 2.75) is 31.4 Å². The summed E-state index contributed by atoms with van der Waals surface area (Å²) >= 11 is 0. The fraction of sp³-hybridized carbons (Fsp3) is 0.240. The summed E-state index contributed by atoms with van der Waals surface area (Å²) in [7, 11) is 0. The molecule has 3 aromatic rings. The normalized spacial score (nSPS) is 16.1. The lowest BCUT2D eigenvalue weighted by Gasteiger charge is -2.18. The zero-order chi connectivity index (χ0) is 21.1. The van der Waals surface area contributed by atoms with Gasteiger partial charge in [0.05, 0.1) is 19.1 Å². The molecule has 4 rings (SSSR count). The first-order valence-corrected chi connectivity index (χ1v) is 10.1. The zero-order valence-electron chi connectivity index (χ0n) is 16.6. The van der Waals surface area contributed by atoms with E-state index >= 15 is 0 Å². The van der Waals surface area contributed by atoms with Crippen LogP contribution in [-0.2, 0) is 17.6 Å². The molecule has 0 radical (unpaired) electrons. The highest BCUT2D eigenvalue weighted by molar-refractivity contribution is 5.71. The number of carboxylic acids is 1. The Hall–Kier alpha value is -3.15. The lowest BCUT2D eigenvalue weighted by Crippen LogP contribution is -2.14. The summed E-state index contributed by atoms with van der Waals surface area (Å²) in [4.78, 5) is 11.2. The maximum absolute atomic E-state index is 11.2. The number of benzene rings is 3. The molecular weight excluding hydrogens is 378 g/mol. The molecule has 1 aliphatic carbocycles. The summed E-state index contributed by atoms with van der Waals surface area (Å²) in [5.74, 6) is -0.250. The molecule has 4 N–H and O–H groups in total. The topological polar surface area (TPSA) is 92.8 Å². The van der Waals surface area contributed by atoms with Crippen LogP contribution in [0.3, 0.4) is 0 Å². The van der Waals surface area contributed by atoms with Gasteiger partial charge in [-0.05, 0) is 58.9 Å². The number of nitrogens with two attached hydrogens (primary N) is 1. The van der Waals surface area contributed by atoms with Crippen molar-refractivity contribution >= 4 is 5.97 Å². The Kier molecular flexibility index (Phi) is 5.84. The lowest BCUT2D eigenvalue weighted by atomic mass is 9.97. The Morgan fingerprint density at radius 1 is 1.07 bits per heavy atom. The van der Waals surface area contributed by atoms with Crippen LogP contribution in [-0.4, -0.2) is 22.8 Å². The number of fused-ring (bicyclic) bond motifs is 1. The van der Waals surface area contributed by atoms with Gasteiger partial charge < -0.3 is 20.7 Å². The van der Waals surface area contributed by atoms with Gasteiger partial charge in [-0.15, -0.1) is 0 Å². The molecule has 5 heteroatoms. The summed E-state index contributed by atoms with van der Waals surface area (Å²) in [5.41, 5.74) is 12.0. The molecule has 0 spiro atoms. The van der Waals surface area contributed by atoms with Gasteiger partial charge in [-0.3, -0.25) is 4.79 Å². The smallest absolute Gasteiger partial charge is 0.307 e. The molecule has 0 saturated heterocycles. The molecule has 30 heavy (non-hydrogen) atoms. The van der Waals surface area contributed by atoms with Crippen molar-refractivity contribution in [3.05, 3.63) is 89.0 Å². The number of rotatable bonds is 7. The van der Waals surface area contributed by atoms with Crippen LogP contribution >= 0.6 is 0 Å². The van der Waals surface area contributed by atoms with E-state index < -0.39 is 12.0 Å². The standard InChI is InChI=1S/C25H25NO4/c26-22(15-27)19-6-3-5-17(12-19)18-9-8-16-10-11-24(21(16)13-18)30-23-7-2-1-4-20(23)14-25(28)29/h1-9,12-13,22,24,27H,10-11,14-15,26H2,(H,28,29)/t22-,24?/m1/s1. The number of hydrogen-bond donors (Lipinski definition) is 3. The van der Waals surface area contributed by atoms with Gasteiger partial charge in [0.2, 0.25) is 0 Å². The third-order valence-corrected chi connectivity index (χ3v) is 5.60. The van der Waals surface area contributed by atoms with E-state index in [1.807, 2.05) is 42.5 Å². The summed E-state index contributed by atoms with van der Waals surface area (Å²) in [6.07, 6.45) is 1.61. The molecule has 0 fully saturated rings. The number of aliphatic hydroxyl groups is 1. The number of aliphatic hydroxyl groups excluding tert-OH is 1. The molecule has 2 atom stereocenters. The van der Waals surface area contributed by atoms with E-state index in [9.17, 15) is 15.0 Å². The Balaban J connectivity index is 1.62. The maximum Gasteiger partial charge on any atom is 0.307 e. The summed E-state index contributed by atoms with van der Waals surface area (Å²) in [5, 5.41) is 18.5. The third kappa shape index (κ3) is 4.22. The van der Waals surface area contributed by atoms with Crippen molar-refractivity contribution in [3.8, 4) is 16.9 Å². The molecule has 154 valence electrons. The minimum Gasteiger partial charge on any atom is -0.485 e. The molecule has 0 bridgehead atoms. The predicted molar refractivity (Wildman–Crippen MR) is 115 cm³/mol. The average molecular weight is 403 g/mol. The number of aryl methyl sites for hydroxylation is 1. The Bertz CT molecular complexity index is 1060. The number of hydrogen-bond acceptors (Lipinski definition) is 4. The first-order chi connectivity index (χ1) is 14.5. The molecule has 1 unspecified atom stereocenters. The highest BCUT2D eigenvalue weighted by atomic mass is 16.5. The quantitative estimate of drug-likeness (QED) is 0.554. The second kappa shape index (κ2) is 8.69. The minimum atomic E-state index is -0.874. The lowest BCUT2D eigenvalue weighted by molar-refractivity contribution is -0.136. The van der Waals surface area contributed by atoms with Crippen molar-refractivity contribution < 1.29 is 19.7 Å². The molecule has 0 heterocycles. The van der Waals surface area contributed by atoms with Gasteiger partial charge in [-0.2, -0.15) is 0 Å². The van der Waals surface area contributed by atoms with Crippen LogP contribution in [0.2, 0.25) is 0 Å². The molecule has 1 aliphatic rings. The van der Waals surface area contributed by atoms with Gasteiger partial charge in [0.25, 0.3) is 0 Å². The maximum atomic E-state index is 11.2. The first-order valence-electron chi connectivity index (χ1n) is 10.1. The van der Waals surface area contributed by atoms with Crippen molar-refractivity contribution in [1.29, 1.82) is 0 Å². The van der Waals surface area contributed by atoms with Crippen LogP contribution in [0.5, 0.6) is 5.75 Å². The van der Waals surface area contributed by atoms with Crippen LogP contribution in [0, 0.1) is 0 Å². The first kappa shape index (κ1) is 20.1. The fourth-order valence-electron chi connectivity index (χ4n) is 4.00. The molecule has 0 aliphatic heterocycles. The van der Waals surface area contributed by atoms with Gasteiger partial charge >= 0.3 is 5.97 Å². The Morgan fingerprint density at radius 3 is 2.67 bits per heavy atom. The second-order valence-corrected chi connectivity index (χ2v) is 7.65. The highest BCUT2D eigenvalue weighted by Crippen LogP contribution is 2.38. The number of carboxylic acid groups (broad SMARTS) is 1. The van der Waals surface area contributed by atoms with Crippen LogP contribution in [0.25, 0.3) is 11.1 Å². The van der Waals surface area contributed by atoms with Gasteiger partial charge in [0.15, 0.2) is 0 Å². The number of carbonyl (C=O) groups is 1. The number of aliphatic carboxylic acids is 1. The van der Waals surface area contributed by atoms with Crippen molar-refractivity contribution in [1.82, 2.24) is 0 Å². The van der Waals surface area contributed by atoms with Gasteiger partial charge in [-0.1, -0.05) is 48.5 Å². The van der Waals surface area contributed by atoms with Gasteiger partial charge in [-0.25, -0.2) is 0 Å². The summed E-state index contributed by atoms with van der Waals surface area (Å²) in [6.45, 7) is -0.0979. The van der Waals surface area contributed by atoms with E-state index in [4.69, 9.17) is 10.5 Å². The van der Waals surface area contributed by atoms with Crippen LogP contribution in [0.15, 0.2) is 66.7 Å². The van der Waals surface area contributed by atoms with E-state index in [1.54, 1.807) is 6.07 Å². The van der Waals surface area contributed by atoms with E-state index in [2.05, 4.69) is 18.2 Å². The van der Waals surface area contributed by atoms with E-state index in [1.165, 1.54) is 5.56 Å². The molecule has 0 amide bonds. The minimum absolute atomic E-state index is 0.0618. The molecule has 0 saturated carbocycles. The van der Waals surface area contributed by atoms with Crippen LogP contribution in [0.4, 0.5) is 0 Å². The molecule has 3 aromatic carbocycles. The molecular formula is C25H25NO4. The largest absolute Gasteiger partial charge is 0.485 e. The Labute approximate surface area is 175 Å².